The highest BCUT2D eigenvalue weighted by molar-refractivity contribution is 9.10. The number of benzene rings is 1. The molecule has 1 aromatic rings. The summed E-state index contributed by atoms with van der Waals surface area (Å²) in [7, 11) is 0. The van der Waals surface area contributed by atoms with E-state index in [1.807, 2.05) is 12.1 Å². The average Bonchev–Trinajstić information content (AvgIpc) is 2.29. The predicted molar refractivity (Wildman–Crippen MR) is 69.4 cm³/mol. The van der Waals surface area contributed by atoms with Gasteiger partial charge in [0.25, 0.3) is 0 Å². The van der Waals surface area contributed by atoms with Crippen molar-refractivity contribution in [3.63, 3.8) is 0 Å². The number of hydrogen-bond donors (Lipinski definition) is 1. The van der Waals surface area contributed by atoms with E-state index < -0.39 is 0 Å². The van der Waals surface area contributed by atoms with Crippen molar-refractivity contribution in [2.45, 2.75) is 32.0 Å². The van der Waals surface area contributed by atoms with Gasteiger partial charge in [-0.15, -0.1) is 0 Å². The first kappa shape index (κ1) is 12.1. The van der Waals surface area contributed by atoms with Gasteiger partial charge in [-0.1, -0.05) is 34.1 Å². The second-order valence-electron chi connectivity index (χ2n) is 4.61. The zero-order chi connectivity index (χ0) is 11.4. The molecule has 0 aromatic heterocycles. The minimum Gasteiger partial charge on any atom is -0.369 e. The van der Waals surface area contributed by atoms with E-state index >= 15 is 0 Å². The van der Waals surface area contributed by atoms with Gasteiger partial charge in [-0.3, -0.25) is 0 Å². The molecule has 0 spiro atoms. The van der Waals surface area contributed by atoms with Crippen LogP contribution in [-0.4, -0.2) is 18.7 Å². The molecule has 0 radical (unpaired) electrons. The molecule has 88 valence electrons. The van der Waals surface area contributed by atoms with Gasteiger partial charge in [0.05, 0.1) is 12.2 Å². The highest BCUT2D eigenvalue weighted by Crippen LogP contribution is 2.24. The Morgan fingerprint density at radius 3 is 2.94 bits per heavy atom. The van der Waals surface area contributed by atoms with E-state index in [0.717, 1.165) is 24.0 Å². The minimum absolute atomic E-state index is 0.00642. The molecule has 1 aromatic carbocycles. The van der Waals surface area contributed by atoms with Crippen LogP contribution in [0.15, 0.2) is 28.7 Å². The summed E-state index contributed by atoms with van der Waals surface area (Å²) in [6.45, 7) is 4.95. The van der Waals surface area contributed by atoms with Crippen molar-refractivity contribution in [1.29, 1.82) is 0 Å². The Hall–Kier alpha value is -0.380. The largest absolute Gasteiger partial charge is 0.369 e. The highest BCUT2D eigenvalue weighted by Gasteiger charge is 2.27. The van der Waals surface area contributed by atoms with Crippen LogP contribution in [0.2, 0.25) is 0 Å². The fourth-order valence-corrected chi connectivity index (χ4v) is 2.42. The minimum atomic E-state index is -0.00642. The van der Waals surface area contributed by atoms with Gasteiger partial charge < -0.3 is 10.1 Å². The third kappa shape index (κ3) is 3.06. The van der Waals surface area contributed by atoms with Gasteiger partial charge in [-0.25, -0.2) is 0 Å². The molecule has 3 heteroatoms. The number of halogens is 1. The summed E-state index contributed by atoms with van der Waals surface area (Å²) in [5.74, 6) is 0. The van der Waals surface area contributed by atoms with Gasteiger partial charge in [0, 0.05) is 11.0 Å². The molecule has 1 unspecified atom stereocenters. The Balaban J connectivity index is 1.94. The van der Waals surface area contributed by atoms with E-state index in [9.17, 15) is 0 Å². The maximum Gasteiger partial charge on any atom is 0.0783 e. The van der Waals surface area contributed by atoms with Crippen LogP contribution in [0.1, 0.15) is 25.3 Å². The molecule has 1 fully saturated rings. The van der Waals surface area contributed by atoms with Crippen molar-refractivity contribution in [3.05, 3.63) is 34.3 Å². The Bertz CT molecular complexity index is 348. The lowest BCUT2D eigenvalue weighted by molar-refractivity contribution is -0.0573. The maximum absolute atomic E-state index is 6.04. The summed E-state index contributed by atoms with van der Waals surface area (Å²) in [5.41, 5.74) is 1.21. The van der Waals surface area contributed by atoms with Gasteiger partial charge in [0.15, 0.2) is 0 Å². The molecule has 0 bridgehead atoms. The van der Waals surface area contributed by atoms with Gasteiger partial charge in [-0.05, 0) is 37.9 Å². The quantitative estimate of drug-likeness (QED) is 0.921. The molecule has 1 saturated heterocycles. The van der Waals surface area contributed by atoms with Gasteiger partial charge in [0.1, 0.15) is 0 Å². The Kier molecular flexibility index (Phi) is 4.00. The predicted octanol–water partition coefficient (Wildman–Crippen LogP) is 3.11. The molecule has 0 aliphatic carbocycles. The van der Waals surface area contributed by atoms with Crippen LogP contribution in [0.5, 0.6) is 0 Å². The van der Waals surface area contributed by atoms with Crippen LogP contribution in [0.3, 0.4) is 0 Å². The molecule has 0 saturated carbocycles. The van der Waals surface area contributed by atoms with Gasteiger partial charge in [-0.2, -0.15) is 0 Å². The molecule has 16 heavy (non-hydrogen) atoms. The van der Waals surface area contributed by atoms with E-state index in [1.54, 1.807) is 0 Å². The van der Waals surface area contributed by atoms with Crippen LogP contribution in [-0.2, 0) is 11.3 Å². The van der Waals surface area contributed by atoms with Crippen LogP contribution >= 0.6 is 15.9 Å². The number of hydrogen-bond acceptors (Lipinski definition) is 2. The third-order valence-corrected chi connectivity index (χ3v) is 3.87. The lowest BCUT2D eigenvalue weighted by Crippen LogP contribution is -2.45. The molecule has 1 heterocycles. The fourth-order valence-electron chi connectivity index (χ4n) is 2.02. The SMILES string of the molecule is CC1(OCc2ccccc2Br)CCCNC1. The summed E-state index contributed by atoms with van der Waals surface area (Å²) in [6.07, 6.45) is 2.34. The van der Waals surface area contributed by atoms with E-state index in [1.165, 1.54) is 12.0 Å². The summed E-state index contributed by atoms with van der Waals surface area (Å²) in [4.78, 5) is 0. The van der Waals surface area contributed by atoms with Crippen molar-refractivity contribution in [2.75, 3.05) is 13.1 Å². The van der Waals surface area contributed by atoms with Crippen LogP contribution in [0, 0.1) is 0 Å². The lowest BCUT2D eigenvalue weighted by atomic mass is 9.96. The molecule has 2 nitrogen and oxygen atoms in total. The first-order valence-corrected chi connectivity index (χ1v) is 6.57. The van der Waals surface area contributed by atoms with Crippen LogP contribution in [0.4, 0.5) is 0 Å². The summed E-state index contributed by atoms with van der Waals surface area (Å²) < 4.78 is 7.17. The summed E-state index contributed by atoms with van der Waals surface area (Å²) in [6, 6.07) is 8.23. The smallest absolute Gasteiger partial charge is 0.0783 e. The monoisotopic (exact) mass is 283 g/mol. The van der Waals surface area contributed by atoms with E-state index in [4.69, 9.17) is 4.74 Å². The normalized spacial score (nSPS) is 25.6. The Morgan fingerprint density at radius 2 is 2.25 bits per heavy atom. The van der Waals surface area contributed by atoms with Crippen molar-refractivity contribution < 1.29 is 4.74 Å². The van der Waals surface area contributed by atoms with Crippen molar-refractivity contribution in [3.8, 4) is 0 Å². The molecular formula is C13H18BrNO. The Labute approximate surface area is 106 Å². The first-order chi connectivity index (χ1) is 7.70. The summed E-state index contributed by atoms with van der Waals surface area (Å²) >= 11 is 3.54. The molecule has 1 N–H and O–H groups in total. The number of rotatable bonds is 3. The second-order valence-corrected chi connectivity index (χ2v) is 5.46. The lowest BCUT2D eigenvalue weighted by Gasteiger charge is -2.34. The molecule has 1 aliphatic heterocycles. The summed E-state index contributed by atoms with van der Waals surface area (Å²) in [5, 5.41) is 3.39. The zero-order valence-electron chi connectivity index (χ0n) is 9.63. The van der Waals surface area contributed by atoms with Gasteiger partial charge in [0.2, 0.25) is 0 Å². The van der Waals surface area contributed by atoms with Gasteiger partial charge >= 0.3 is 0 Å². The zero-order valence-corrected chi connectivity index (χ0v) is 11.2. The maximum atomic E-state index is 6.04. The van der Waals surface area contributed by atoms with Crippen molar-refractivity contribution >= 4 is 15.9 Å². The van der Waals surface area contributed by atoms with Crippen molar-refractivity contribution in [1.82, 2.24) is 5.32 Å². The molecule has 1 atom stereocenters. The average molecular weight is 284 g/mol. The molecule has 0 amide bonds. The fraction of sp³-hybridized carbons (Fsp3) is 0.538. The standard InChI is InChI=1S/C13H18BrNO/c1-13(7-4-8-15-10-13)16-9-11-5-2-3-6-12(11)14/h2-3,5-6,15H,4,7-10H2,1H3. The molecule has 1 aliphatic rings. The van der Waals surface area contributed by atoms with E-state index in [0.29, 0.717) is 6.61 Å². The topological polar surface area (TPSA) is 21.3 Å². The molecule has 2 rings (SSSR count). The van der Waals surface area contributed by atoms with E-state index in [2.05, 4.69) is 40.3 Å². The van der Waals surface area contributed by atoms with Crippen LogP contribution in [0.25, 0.3) is 0 Å². The van der Waals surface area contributed by atoms with E-state index in [-0.39, 0.29) is 5.60 Å². The number of piperidine rings is 1. The second kappa shape index (κ2) is 5.30. The number of nitrogens with one attached hydrogen (secondary N) is 1. The first-order valence-electron chi connectivity index (χ1n) is 5.78. The third-order valence-electron chi connectivity index (χ3n) is 3.09. The van der Waals surface area contributed by atoms with Crippen LogP contribution < -0.4 is 5.32 Å². The van der Waals surface area contributed by atoms with Crippen molar-refractivity contribution in [2.24, 2.45) is 0 Å². The Morgan fingerprint density at radius 1 is 1.44 bits per heavy atom. The highest BCUT2D eigenvalue weighted by atomic mass is 79.9. The molecular weight excluding hydrogens is 266 g/mol. The number of ether oxygens (including phenoxy) is 1.